The average Bonchev–Trinajstić information content (AvgIpc) is 2.60. The van der Waals surface area contributed by atoms with Gasteiger partial charge in [-0.3, -0.25) is 24.5 Å². The topological polar surface area (TPSA) is 121 Å². The Balaban J connectivity index is 1.98. The normalized spacial score (nSPS) is 14.8. The van der Waals surface area contributed by atoms with E-state index in [4.69, 9.17) is 16.7 Å². The van der Waals surface area contributed by atoms with Crippen molar-refractivity contribution in [1.82, 2.24) is 9.80 Å². The monoisotopic (exact) mass is 383 g/mol. The zero-order chi connectivity index (χ0) is 19.4. The number of non-ortho nitro benzene ring substituents is 1. The summed E-state index contributed by atoms with van der Waals surface area (Å²) < 4.78 is 0. The largest absolute Gasteiger partial charge is 0.481 e. The van der Waals surface area contributed by atoms with Gasteiger partial charge in [-0.2, -0.15) is 0 Å². The van der Waals surface area contributed by atoms with Crippen LogP contribution < -0.4 is 0 Å². The van der Waals surface area contributed by atoms with Crippen molar-refractivity contribution in [3.05, 3.63) is 38.9 Å². The maximum atomic E-state index is 12.4. The van der Waals surface area contributed by atoms with Gasteiger partial charge in [-0.1, -0.05) is 11.6 Å². The molecule has 2 amide bonds. The molecule has 1 aliphatic rings. The highest BCUT2D eigenvalue weighted by Gasteiger charge is 2.28. The number of aliphatic carboxylic acids is 1. The maximum absolute atomic E-state index is 12.4. The van der Waals surface area contributed by atoms with E-state index in [-0.39, 0.29) is 28.7 Å². The van der Waals surface area contributed by atoms with Crippen LogP contribution in [0.15, 0.2) is 18.2 Å². The number of carboxylic acids is 1. The number of carbonyl (C=O) groups excluding carboxylic acids is 2. The van der Waals surface area contributed by atoms with Crippen LogP contribution in [0.3, 0.4) is 0 Å². The van der Waals surface area contributed by atoms with Gasteiger partial charge in [0, 0.05) is 32.3 Å². The fourth-order valence-corrected chi connectivity index (χ4v) is 3.00. The molecule has 1 aliphatic heterocycles. The van der Waals surface area contributed by atoms with Gasteiger partial charge in [-0.05, 0) is 18.9 Å². The summed E-state index contributed by atoms with van der Waals surface area (Å²) in [5.41, 5.74) is -0.163. The lowest BCUT2D eigenvalue weighted by molar-refractivity contribution is -0.384. The summed E-state index contributed by atoms with van der Waals surface area (Å²) in [5, 5.41) is 19.6. The molecule has 140 valence electrons. The van der Waals surface area contributed by atoms with Crippen LogP contribution >= 0.6 is 11.6 Å². The number of hydrogen-bond donors (Lipinski definition) is 1. The molecule has 2 rings (SSSR count). The van der Waals surface area contributed by atoms with Crippen LogP contribution in [0.5, 0.6) is 0 Å². The van der Waals surface area contributed by atoms with Crippen molar-refractivity contribution >= 4 is 35.1 Å². The van der Waals surface area contributed by atoms with E-state index in [1.54, 1.807) is 0 Å². The van der Waals surface area contributed by atoms with Crippen LogP contribution in [0, 0.1) is 16.0 Å². The molecule has 0 atom stereocenters. The van der Waals surface area contributed by atoms with Gasteiger partial charge in [0.25, 0.3) is 11.6 Å². The van der Waals surface area contributed by atoms with E-state index in [0.29, 0.717) is 25.9 Å². The van der Waals surface area contributed by atoms with Crippen LogP contribution in [-0.2, 0) is 9.59 Å². The number of nitrogens with zero attached hydrogens (tertiary/aromatic N) is 3. The fraction of sp³-hybridized carbons (Fsp3) is 0.438. The molecule has 1 saturated heterocycles. The lowest BCUT2D eigenvalue weighted by Crippen LogP contribution is -2.45. The van der Waals surface area contributed by atoms with Gasteiger partial charge < -0.3 is 14.9 Å². The SMILES string of the molecule is CN(CC(=O)N1CCC(C(=O)O)CC1)C(=O)c1ccc([N+](=O)[O-])cc1Cl. The Bertz CT molecular complexity index is 746. The number of nitro benzene ring substituents is 1. The Hall–Kier alpha value is -2.68. The number of likely N-dealkylation sites (tertiary alicyclic amines) is 1. The van der Waals surface area contributed by atoms with Gasteiger partial charge in [-0.15, -0.1) is 0 Å². The third-order valence-corrected chi connectivity index (χ3v) is 4.62. The summed E-state index contributed by atoms with van der Waals surface area (Å²) in [5.74, 6) is -2.13. The highest BCUT2D eigenvalue weighted by Crippen LogP contribution is 2.23. The molecular formula is C16H18ClN3O6. The van der Waals surface area contributed by atoms with Crippen molar-refractivity contribution in [2.24, 2.45) is 5.92 Å². The second kappa shape index (κ2) is 8.13. The Morgan fingerprint density at radius 1 is 1.35 bits per heavy atom. The molecule has 0 aliphatic carbocycles. The Morgan fingerprint density at radius 3 is 2.46 bits per heavy atom. The highest BCUT2D eigenvalue weighted by atomic mass is 35.5. The predicted molar refractivity (Wildman–Crippen MR) is 92.0 cm³/mol. The van der Waals surface area contributed by atoms with Gasteiger partial charge in [0.2, 0.25) is 5.91 Å². The van der Waals surface area contributed by atoms with Crippen molar-refractivity contribution in [2.75, 3.05) is 26.7 Å². The van der Waals surface area contributed by atoms with Gasteiger partial charge in [0.05, 0.1) is 28.0 Å². The molecule has 0 radical (unpaired) electrons. The smallest absolute Gasteiger partial charge is 0.306 e. The minimum Gasteiger partial charge on any atom is -0.481 e. The molecule has 1 aromatic rings. The predicted octanol–water partition coefficient (Wildman–Crippen LogP) is 1.64. The molecule has 0 saturated carbocycles. The van der Waals surface area contributed by atoms with Gasteiger partial charge in [0.1, 0.15) is 0 Å². The van der Waals surface area contributed by atoms with E-state index in [2.05, 4.69) is 0 Å². The van der Waals surface area contributed by atoms with Gasteiger partial charge >= 0.3 is 5.97 Å². The van der Waals surface area contributed by atoms with Crippen LogP contribution in [0.2, 0.25) is 5.02 Å². The molecule has 1 heterocycles. The van der Waals surface area contributed by atoms with Crippen molar-refractivity contribution < 1.29 is 24.4 Å². The molecule has 0 bridgehead atoms. The number of carboxylic acid groups (broad SMARTS) is 1. The number of piperidine rings is 1. The van der Waals surface area contributed by atoms with E-state index in [1.807, 2.05) is 0 Å². The molecule has 1 N–H and O–H groups in total. The third kappa shape index (κ3) is 4.48. The average molecular weight is 384 g/mol. The van der Waals surface area contributed by atoms with Crippen LogP contribution in [0.25, 0.3) is 0 Å². The first-order chi connectivity index (χ1) is 12.2. The van der Waals surface area contributed by atoms with E-state index < -0.39 is 22.7 Å². The summed E-state index contributed by atoms with van der Waals surface area (Å²) in [6.07, 6.45) is 0.764. The Morgan fingerprint density at radius 2 is 1.96 bits per heavy atom. The summed E-state index contributed by atoms with van der Waals surface area (Å²) >= 11 is 5.94. The Kier molecular flexibility index (Phi) is 6.14. The fourth-order valence-electron chi connectivity index (χ4n) is 2.75. The molecule has 10 heteroatoms. The molecule has 0 spiro atoms. The molecule has 26 heavy (non-hydrogen) atoms. The number of benzene rings is 1. The standard InChI is InChI=1S/C16H18ClN3O6/c1-18(9-14(21)19-6-4-10(5-7-19)16(23)24)15(22)12-3-2-11(20(25)26)8-13(12)17/h2-3,8,10H,4-7,9H2,1H3,(H,23,24). The molecule has 0 unspecified atom stereocenters. The summed E-state index contributed by atoms with van der Waals surface area (Å²) in [4.78, 5) is 48.5. The van der Waals surface area contributed by atoms with Crippen LogP contribution in [0.4, 0.5) is 5.69 Å². The molecule has 0 aromatic heterocycles. The molecule has 9 nitrogen and oxygen atoms in total. The molecular weight excluding hydrogens is 366 g/mol. The summed E-state index contributed by atoms with van der Waals surface area (Å²) in [7, 11) is 1.43. The van der Waals surface area contributed by atoms with Crippen molar-refractivity contribution in [3.8, 4) is 0 Å². The van der Waals surface area contributed by atoms with E-state index in [9.17, 15) is 24.5 Å². The second-order valence-electron chi connectivity index (χ2n) is 6.08. The number of nitro groups is 1. The summed E-state index contributed by atoms with van der Waals surface area (Å²) in [6, 6.07) is 3.51. The second-order valence-corrected chi connectivity index (χ2v) is 6.48. The number of hydrogen-bond acceptors (Lipinski definition) is 5. The first-order valence-electron chi connectivity index (χ1n) is 7.90. The van der Waals surface area contributed by atoms with Crippen molar-refractivity contribution in [1.29, 1.82) is 0 Å². The van der Waals surface area contributed by atoms with E-state index in [1.165, 1.54) is 29.0 Å². The minimum atomic E-state index is -0.864. The first-order valence-corrected chi connectivity index (χ1v) is 8.28. The first kappa shape index (κ1) is 19.6. The number of amides is 2. The van der Waals surface area contributed by atoms with Crippen LogP contribution in [-0.4, -0.2) is 64.3 Å². The molecule has 1 fully saturated rings. The highest BCUT2D eigenvalue weighted by molar-refractivity contribution is 6.34. The zero-order valence-corrected chi connectivity index (χ0v) is 14.8. The van der Waals surface area contributed by atoms with Crippen molar-refractivity contribution in [2.45, 2.75) is 12.8 Å². The zero-order valence-electron chi connectivity index (χ0n) is 14.1. The lowest BCUT2D eigenvalue weighted by Gasteiger charge is -2.31. The quantitative estimate of drug-likeness (QED) is 0.609. The minimum absolute atomic E-state index is 0.0641. The van der Waals surface area contributed by atoms with E-state index in [0.717, 1.165) is 6.07 Å². The van der Waals surface area contributed by atoms with Gasteiger partial charge in [0.15, 0.2) is 0 Å². The third-order valence-electron chi connectivity index (χ3n) is 4.31. The van der Waals surface area contributed by atoms with E-state index >= 15 is 0 Å². The molecule has 1 aromatic carbocycles. The Labute approximate surface area is 154 Å². The summed E-state index contributed by atoms with van der Waals surface area (Å²) in [6.45, 7) is 0.468. The van der Waals surface area contributed by atoms with Crippen LogP contribution in [0.1, 0.15) is 23.2 Å². The van der Waals surface area contributed by atoms with Crippen molar-refractivity contribution in [3.63, 3.8) is 0 Å². The lowest BCUT2D eigenvalue weighted by atomic mass is 9.97. The number of likely N-dealkylation sites (N-methyl/N-ethyl adjacent to an activating group) is 1. The number of carbonyl (C=O) groups is 3. The maximum Gasteiger partial charge on any atom is 0.306 e. The van der Waals surface area contributed by atoms with Gasteiger partial charge in [-0.25, -0.2) is 0 Å². The number of halogens is 1. The number of rotatable bonds is 5.